The predicted molar refractivity (Wildman–Crippen MR) is 90.7 cm³/mol. The monoisotopic (exact) mass is 324 g/mol. The highest BCUT2D eigenvalue weighted by molar-refractivity contribution is 6.31. The fourth-order valence-electron chi connectivity index (χ4n) is 2.41. The smallest absolute Gasteiger partial charge is 0.238 e. The number of ether oxygens (including phenoxy) is 1. The van der Waals surface area contributed by atoms with Gasteiger partial charge in [0, 0.05) is 11.1 Å². The Kier molecular flexibility index (Phi) is 6.09. The number of halogens is 1. The Morgan fingerprint density at radius 1 is 1.45 bits per heavy atom. The van der Waals surface area contributed by atoms with E-state index >= 15 is 0 Å². The molecule has 1 N–H and O–H groups in total. The lowest BCUT2D eigenvalue weighted by atomic mass is 10.1. The van der Waals surface area contributed by atoms with Crippen LogP contribution in [0.1, 0.15) is 33.1 Å². The third-order valence-electron chi connectivity index (χ3n) is 3.84. The van der Waals surface area contributed by atoms with Crippen molar-refractivity contribution in [3.8, 4) is 5.75 Å². The van der Waals surface area contributed by atoms with Crippen LogP contribution in [-0.4, -0.2) is 37.0 Å². The molecule has 0 saturated heterocycles. The average Bonchev–Trinajstić information content (AvgIpc) is 3.28. The first-order valence-electron chi connectivity index (χ1n) is 7.87. The van der Waals surface area contributed by atoms with Crippen LogP contribution in [0.2, 0.25) is 5.02 Å². The van der Waals surface area contributed by atoms with Gasteiger partial charge in [0.05, 0.1) is 19.3 Å². The molecule has 1 aliphatic carbocycles. The second-order valence-corrected chi connectivity index (χ2v) is 6.71. The Balaban J connectivity index is 1.94. The van der Waals surface area contributed by atoms with Gasteiger partial charge in [0.1, 0.15) is 5.75 Å². The number of nitrogens with zero attached hydrogens (tertiary/aromatic N) is 1. The summed E-state index contributed by atoms with van der Waals surface area (Å²) in [6, 6.07) is 5.80. The summed E-state index contributed by atoms with van der Waals surface area (Å²) in [5.41, 5.74) is 0.625. The molecule has 1 fully saturated rings. The van der Waals surface area contributed by atoms with Crippen LogP contribution >= 0.6 is 11.6 Å². The summed E-state index contributed by atoms with van der Waals surface area (Å²) in [6.07, 6.45) is 3.52. The van der Waals surface area contributed by atoms with E-state index in [-0.39, 0.29) is 5.91 Å². The van der Waals surface area contributed by atoms with Crippen LogP contribution in [0.4, 0.5) is 5.69 Å². The summed E-state index contributed by atoms with van der Waals surface area (Å²) in [7, 11) is 1.58. The number of rotatable bonds is 8. The first kappa shape index (κ1) is 17.1. The number of anilines is 1. The van der Waals surface area contributed by atoms with Crippen LogP contribution in [0.5, 0.6) is 5.75 Å². The molecule has 0 atom stereocenters. The third kappa shape index (κ3) is 5.18. The third-order valence-corrected chi connectivity index (χ3v) is 4.07. The topological polar surface area (TPSA) is 41.6 Å². The standard InChI is InChI=1S/C17H25ClN2O2/c1-12(2)8-9-20(14-5-6-14)11-17(21)19-15-10-13(18)4-7-16(15)22-3/h4,7,10,12,14H,5-6,8-9,11H2,1-3H3,(H,19,21). The van der Waals surface area contributed by atoms with Gasteiger partial charge >= 0.3 is 0 Å². The van der Waals surface area contributed by atoms with Gasteiger partial charge in [-0.25, -0.2) is 0 Å². The summed E-state index contributed by atoms with van der Waals surface area (Å²) in [6.45, 7) is 5.82. The van der Waals surface area contributed by atoms with Gasteiger partial charge in [0.15, 0.2) is 0 Å². The number of hydrogen-bond donors (Lipinski definition) is 1. The zero-order valence-corrected chi connectivity index (χ0v) is 14.3. The van der Waals surface area contributed by atoms with Crippen molar-refractivity contribution in [2.75, 3.05) is 25.5 Å². The summed E-state index contributed by atoms with van der Waals surface area (Å²) in [5.74, 6) is 1.26. The molecule has 5 heteroatoms. The van der Waals surface area contributed by atoms with Gasteiger partial charge in [-0.05, 0) is 49.9 Å². The maximum atomic E-state index is 12.3. The second-order valence-electron chi connectivity index (χ2n) is 6.28. The fraction of sp³-hybridized carbons (Fsp3) is 0.588. The Morgan fingerprint density at radius 3 is 2.77 bits per heavy atom. The lowest BCUT2D eigenvalue weighted by Crippen LogP contribution is -2.36. The van der Waals surface area contributed by atoms with Crippen LogP contribution in [0.15, 0.2) is 18.2 Å². The van der Waals surface area contributed by atoms with Crippen molar-refractivity contribution in [3.63, 3.8) is 0 Å². The van der Waals surface area contributed by atoms with E-state index in [0.29, 0.717) is 35.0 Å². The second kappa shape index (κ2) is 7.84. The van der Waals surface area contributed by atoms with E-state index in [1.807, 2.05) is 0 Å². The highest BCUT2D eigenvalue weighted by Crippen LogP contribution is 2.29. The Hall–Kier alpha value is -1.26. The Labute approximate surface area is 137 Å². The Bertz CT molecular complexity index is 515. The molecule has 0 aromatic heterocycles. The summed E-state index contributed by atoms with van der Waals surface area (Å²) in [4.78, 5) is 14.6. The minimum absolute atomic E-state index is 0.0174. The molecule has 1 aromatic carbocycles. The lowest BCUT2D eigenvalue weighted by Gasteiger charge is -2.22. The van der Waals surface area contributed by atoms with Gasteiger partial charge in [0.25, 0.3) is 0 Å². The number of benzene rings is 1. The van der Waals surface area contributed by atoms with Gasteiger partial charge in [0.2, 0.25) is 5.91 Å². The van der Waals surface area contributed by atoms with Crippen LogP contribution in [0.3, 0.4) is 0 Å². The molecule has 1 amide bonds. The van der Waals surface area contributed by atoms with E-state index in [1.54, 1.807) is 25.3 Å². The van der Waals surface area contributed by atoms with Gasteiger partial charge < -0.3 is 10.1 Å². The van der Waals surface area contributed by atoms with Crippen molar-refractivity contribution in [3.05, 3.63) is 23.2 Å². The zero-order valence-electron chi connectivity index (χ0n) is 13.6. The fourth-order valence-corrected chi connectivity index (χ4v) is 2.58. The van der Waals surface area contributed by atoms with E-state index in [2.05, 4.69) is 24.1 Å². The molecule has 0 heterocycles. The summed E-state index contributed by atoms with van der Waals surface area (Å²) in [5, 5.41) is 3.49. The molecule has 2 rings (SSSR count). The molecule has 1 saturated carbocycles. The number of amides is 1. The maximum absolute atomic E-state index is 12.3. The molecule has 4 nitrogen and oxygen atoms in total. The van der Waals surface area contributed by atoms with E-state index in [9.17, 15) is 4.79 Å². The molecule has 1 aliphatic rings. The molecule has 0 radical (unpaired) electrons. The summed E-state index contributed by atoms with van der Waals surface area (Å²) < 4.78 is 5.26. The number of carbonyl (C=O) groups is 1. The van der Waals surface area contributed by atoms with Crippen molar-refractivity contribution in [2.24, 2.45) is 5.92 Å². The van der Waals surface area contributed by atoms with Crippen molar-refractivity contribution in [1.29, 1.82) is 0 Å². The van der Waals surface area contributed by atoms with Gasteiger partial charge in [-0.1, -0.05) is 25.4 Å². The normalized spacial score (nSPS) is 14.5. The first-order chi connectivity index (χ1) is 10.5. The quantitative estimate of drug-likeness (QED) is 0.791. The number of methoxy groups -OCH3 is 1. The molecule has 0 spiro atoms. The van der Waals surface area contributed by atoms with Gasteiger partial charge in [-0.3, -0.25) is 9.69 Å². The number of hydrogen-bond acceptors (Lipinski definition) is 3. The lowest BCUT2D eigenvalue weighted by molar-refractivity contribution is -0.117. The maximum Gasteiger partial charge on any atom is 0.238 e. The van der Waals surface area contributed by atoms with Crippen molar-refractivity contribution in [1.82, 2.24) is 4.90 Å². The molecular formula is C17H25ClN2O2. The van der Waals surface area contributed by atoms with E-state index in [0.717, 1.165) is 13.0 Å². The van der Waals surface area contributed by atoms with Crippen LogP contribution in [0, 0.1) is 5.92 Å². The van der Waals surface area contributed by atoms with Crippen molar-refractivity contribution < 1.29 is 9.53 Å². The van der Waals surface area contributed by atoms with E-state index < -0.39 is 0 Å². The molecular weight excluding hydrogens is 300 g/mol. The largest absolute Gasteiger partial charge is 0.495 e. The number of carbonyl (C=O) groups excluding carboxylic acids is 1. The molecule has 1 aromatic rings. The molecule has 22 heavy (non-hydrogen) atoms. The van der Waals surface area contributed by atoms with E-state index in [1.165, 1.54) is 12.8 Å². The van der Waals surface area contributed by atoms with Crippen LogP contribution < -0.4 is 10.1 Å². The average molecular weight is 325 g/mol. The number of nitrogens with one attached hydrogen (secondary N) is 1. The van der Waals surface area contributed by atoms with Gasteiger partial charge in [-0.15, -0.1) is 0 Å². The minimum Gasteiger partial charge on any atom is -0.495 e. The predicted octanol–water partition coefficient (Wildman–Crippen LogP) is 3.80. The SMILES string of the molecule is COc1ccc(Cl)cc1NC(=O)CN(CCC(C)C)C1CC1. The summed E-state index contributed by atoms with van der Waals surface area (Å²) >= 11 is 5.99. The van der Waals surface area contributed by atoms with Crippen molar-refractivity contribution in [2.45, 2.75) is 39.2 Å². The zero-order chi connectivity index (χ0) is 16.1. The highest BCUT2D eigenvalue weighted by Gasteiger charge is 2.30. The van der Waals surface area contributed by atoms with Crippen molar-refractivity contribution >= 4 is 23.2 Å². The van der Waals surface area contributed by atoms with Crippen LogP contribution in [-0.2, 0) is 4.79 Å². The molecule has 0 aliphatic heterocycles. The molecule has 0 unspecified atom stereocenters. The molecule has 0 bridgehead atoms. The minimum atomic E-state index is -0.0174. The molecule has 122 valence electrons. The first-order valence-corrected chi connectivity index (χ1v) is 8.25. The highest BCUT2D eigenvalue weighted by atomic mass is 35.5. The van der Waals surface area contributed by atoms with E-state index in [4.69, 9.17) is 16.3 Å². The Morgan fingerprint density at radius 2 is 2.18 bits per heavy atom. The van der Waals surface area contributed by atoms with Crippen LogP contribution in [0.25, 0.3) is 0 Å². The van der Waals surface area contributed by atoms with Gasteiger partial charge in [-0.2, -0.15) is 0 Å².